The van der Waals surface area contributed by atoms with Gasteiger partial charge in [-0.3, -0.25) is 0 Å². The van der Waals surface area contributed by atoms with Crippen molar-refractivity contribution in [2.45, 2.75) is 37.9 Å². The van der Waals surface area contributed by atoms with Gasteiger partial charge in [-0.1, -0.05) is 18.0 Å². The predicted molar refractivity (Wildman–Crippen MR) is 68.5 cm³/mol. The van der Waals surface area contributed by atoms with Crippen molar-refractivity contribution < 1.29 is 18.3 Å². The van der Waals surface area contributed by atoms with Crippen molar-refractivity contribution in [2.75, 3.05) is 5.32 Å². The SMILES string of the molecule is Oc1ccc(NC2CCCC(C(F)(F)F)C2)cc1Cl. The van der Waals surface area contributed by atoms with Crippen molar-refractivity contribution >= 4 is 17.3 Å². The highest BCUT2D eigenvalue weighted by molar-refractivity contribution is 6.32. The average molecular weight is 294 g/mol. The lowest BCUT2D eigenvalue weighted by atomic mass is 9.85. The van der Waals surface area contributed by atoms with E-state index in [9.17, 15) is 18.3 Å². The van der Waals surface area contributed by atoms with E-state index in [1.165, 1.54) is 12.1 Å². The topological polar surface area (TPSA) is 32.3 Å². The quantitative estimate of drug-likeness (QED) is 0.782. The molecule has 0 amide bonds. The number of benzene rings is 1. The van der Waals surface area contributed by atoms with E-state index in [1.807, 2.05) is 0 Å². The molecule has 1 aliphatic rings. The number of phenolic OH excluding ortho intramolecular Hbond substituents is 1. The number of rotatable bonds is 2. The molecule has 2 rings (SSSR count). The lowest BCUT2D eigenvalue weighted by Gasteiger charge is -2.31. The summed E-state index contributed by atoms with van der Waals surface area (Å²) in [7, 11) is 0. The fraction of sp³-hybridized carbons (Fsp3) is 0.538. The van der Waals surface area contributed by atoms with E-state index >= 15 is 0 Å². The first kappa shape index (κ1) is 14.3. The van der Waals surface area contributed by atoms with E-state index in [2.05, 4.69) is 5.32 Å². The van der Waals surface area contributed by atoms with Gasteiger partial charge in [0.1, 0.15) is 5.75 Å². The Bertz CT molecular complexity index is 450. The van der Waals surface area contributed by atoms with Crippen molar-refractivity contribution in [3.63, 3.8) is 0 Å². The second-order valence-electron chi connectivity index (χ2n) is 4.91. The Morgan fingerprint density at radius 1 is 1.26 bits per heavy atom. The Morgan fingerprint density at radius 2 is 2.00 bits per heavy atom. The van der Waals surface area contributed by atoms with E-state index in [-0.39, 0.29) is 29.7 Å². The average Bonchev–Trinajstić information content (AvgIpc) is 2.33. The van der Waals surface area contributed by atoms with Crippen LogP contribution in [0.1, 0.15) is 25.7 Å². The van der Waals surface area contributed by atoms with Gasteiger partial charge in [0.2, 0.25) is 0 Å². The molecule has 0 heterocycles. The van der Waals surface area contributed by atoms with Gasteiger partial charge in [0, 0.05) is 11.7 Å². The zero-order valence-corrected chi connectivity index (χ0v) is 10.9. The fourth-order valence-electron chi connectivity index (χ4n) is 2.45. The maximum atomic E-state index is 12.7. The highest BCUT2D eigenvalue weighted by Crippen LogP contribution is 2.38. The summed E-state index contributed by atoms with van der Waals surface area (Å²) in [6.45, 7) is 0. The van der Waals surface area contributed by atoms with Gasteiger partial charge in [0.25, 0.3) is 0 Å². The smallest absolute Gasteiger partial charge is 0.391 e. The van der Waals surface area contributed by atoms with Gasteiger partial charge in [-0.05, 0) is 37.5 Å². The first-order valence-corrected chi connectivity index (χ1v) is 6.56. The predicted octanol–water partition coefficient (Wildman–Crippen LogP) is 4.58. The molecule has 0 saturated heterocycles. The summed E-state index contributed by atoms with van der Waals surface area (Å²) < 4.78 is 38.1. The van der Waals surface area contributed by atoms with Gasteiger partial charge < -0.3 is 10.4 Å². The van der Waals surface area contributed by atoms with E-state index < -0.39 is 12.1 Å². The summed E-state index contributed by atoms with van der Waals surface area (Å²) in [6, 6.07) is 4.35. The van der Waals surface area contributed by atoms with Crippen LogP contribution in [-0.4, -0.2) is 17.3 Å². The molecule has 0 spiro atoms. The van der Waals surface area contributed by atoms with Gasteiger partial charge in [0.05, 0.1) is 10.9 Å². The van der Waals surface area contributed by atoms with Crippen LogP contribution in [-0.2, 0) is 0 Å². The van der Waals surface area contributed by atoms with Crippen LogP contribution in [0.15, 0.2) is 18.2 Å². The number of nitrogens with one attached hydrogen (secondary N) is 1. The highest BCUT2D eigenvalue weighted by Gasteiger charge is 2.42. The molecule has 2 atom stereocenters. The minimum Gasteiger partial charge on any atom is -0.506 e. The molecule has 1 aliphatic carbocycles. The third kappa shape index (κ3) is 3.69. The van der Waals surface area contributed by atoms with Gasteiger partial charge in [0.15, 0.2) is 0 Å². The number of phenols is 1. The summed E-state index contributed by atoms with van der Waals surface area (Å²) in [5, 5.41) is 12.5. The Hall–Kier alpha value is -1.10. The van der Waals surface area contributed by atoms with Gasteiger partial charge in [-0.15, -0.1) is 0 Å². The van der Waals surface area contributed by atoms with Crippen LogP contribution in [0.25, 0.3) is 0 Å². The third-order valence-corrected chi connectivity index (χ3v) is 3.76. The minimum atomic E-state index is -4.12. The van der Waals surface area contributed by atoms with Crippen molar-refractivity contribution in [3.05, 3.63) is 23.2 Å². The van der Waals surface area contributed by atoms with E-state index in [0.717, 1.165) is 0 Å². The van der Waals surface area contributed by atoms with Crippen LogP contribution < -0.4 is 5.32 Å². The number of halogens is 4. The van der Waals surface area contributed by atoms with Crippen LogP contribution >= 0.6 is 11.6 Å². The molecule has 19 heavy (non-hydrogen) atoms. The first-order valence-electron chi connectivity index (χ1n) is 6.18. The van der Waals surface area contributed by atoms with Crippen LogP contribution in [0.3, 0.4) is 0 Å². The monoisotopic (exact) mass is 293 g/mol. The summed E-state index contributed by atoms with van der Waals surface area (Å²) in [5.41, 5.74) is 0.635. The van der Waals surface area contributed by atoms with Crippen molar-refractivity contribution in [1.82, 2.24) is 0 Å². The molecule has 0 aliphatic heterocycles. The molecule has 1 saturated carbocycles. The second kappa shape index (κ2) is 5.49. The highest BCUT2D eigenvalue weighted by atomic mass is 35.5. The summed E-state index contributed by atoms with van der Waals surface area (Å²) in [5.74, 6) is -1.27. The number of hydrogen-bond donors (Lipinski definition) is 2. The van der Waals surface area contributed by atoms with Crippen LogP contribution in [0, 0.1) is 5.92 Å². The molecule has 0 bridgehead atoms. The molecule has 6 heteroatoms. The lowest BCUT2D eigenvalue weighted by molar-refractivity contribution is -0.182. The fourth-order valence-corrected chi connectivity index (χ4v) is 2.63. The molecule has 0 aromatic heterocycles. The molecule has 1 aromatic carbocycles. The van der Waals surface area contributed by atoms with Crippen molar-refractivity contribution in [2.24, 2.45) is 5.92 Å². The Labute approximate surface area is 114 Å². The second-order valence-corrected chi connectivity index (χ2v) is 5.32. The Morgan fingerprint density at radius 3 is 2.63 bits per heavy atom. The van der Waals surface area contributed by atoms with Crippen LogP contribution in [0.4, 0.5) is 18.9 Å². The van der Waals surface area contributed by atoms with E-state index in [0.29, 0.717) is 18.5 Å². The number of hydrogen-bond acceptors (Lipinski definition) is 2. The van der Waals surface area contributed by atoms with E-state index in [1.54, 1.807) is 6.07 Å². The molecule has 2 nitrogen and oxygen atoms in total. The molecule has 1 fully saturated rings. The third-order valence-electron chi connectivity index (χ3n) is 3.46. The van der Waals surface area contributed by atoms with Gasteiger partial charge in [-0.2, -0.15) is 13.2 Å². The largest absolute Gasteiger partial charge is 0.506 e. The number of alkyl halides is 3. The summed E-state index contributed by atoms with van der Waals surface area (Å²) in [4.78, 5) is 0. The number of anilines is 1. The van der Waals surface area contributed by atoms with Crippen molar-refractivity contribution in [1.29, 1.82) is 0 Å². The molecule has 1 aromatic rings. The zero-order valence-electron chi connectivity index (χ0n) is 10.2. The number of aromatic hydroxyl groups is 1. The van der Waals surface area contributed by atoms with Gasteiger partial charge >= 0.3 is 6.18 Å². The molecular formula is C13H15ClF3NO. The van der Waals surface area contributed by atoms with Gasteiger partial charge in [-0.25, -0.2) is 0 Å². The van der Waals surface area contributed by atoms with Crippen molar-refractivity contribution in [3.8, 4) is 5.75 Å². The maximum Gasteiger partial charge on any atom is 0.391 e. The molecule has 106 valence electrons. The zero-order chi connectivity index (χ0) is 14.0. The van der Waals surface area contributed by atoms with E-state index in [4.69, 9.17) is 11.6 Å². The molecular weight excluding hydrogens is 279 g/mol. The Kier molecular flexibility index (Phi) is 4.13. The first-order chi connectivity index (χ1) is 8.86. The molecule has 0 radical (unpaired) electrons. The summed E-state index contributed by atoms with van der Waals surface area (Å²) in [6.07, 6.45) is -2.55. The standard InChI is InChI=1S/C13H15ClF3NO/c14-11-7-10(4-5-12(11)19)18-9-3-1-2-8(6-9)13(15,16)17/h4-5,7-9,18-19H,1-3,6H2. The Balaban J connectivity index is 2.00. The molecule has 2 unspecified atom stereocenters. The van der Waals surface area contributed by atoms with Crippen LogP contribution in [0.2, 0.25) is 5.02 Å². The summed E-state index contributed by atoms with van der Waals surface area (Å²) >= 11 is 5.76. The molecule has 2 N–H and O–H groups in total. The normalized spacial score (nSPS) is 24.2. The maximum absolute atomic E-state index is 12.7. The minimum absolute atomic E-state index is 0.0379. The van der Waals surface area contributed by atoms with Crippen LogP contribution in [0.5, 0.6) is 5.75 Å². The lowest BCUT2D eigenvalue weighted by Crippen LogP contribution is -2.34.